The number of nitrogens with zero attached hydrogens (tertiary/aromatic N) is 3. The summed E-state index contributed by atoms with van der Waals surface area (Å²) < 4.78 is 11.3. The molecule has 1 saturated heterocycles. The van der Waals surface area contributed by atoms with Crippen LogP contribution in [-0.2, 0) is 41.9 Å². The molecule has 3 amide bonds. The number of carbonyl (C=O) groups excluding carboxylic acids is 4. The molecule has 1 heterocycles. The fourth-order valence-corrected chi connectivity index (χ4v) is 6.24. The lowest BCUT2D eigenvalue weighted by atomic mass is 9.84. The monoisotopic (exact) mass is 664 g/mol. The van der Waals surface area contributed by atoms with Crippen molar-refractivity contribution in [3.05, 3.63) is 71.8 Å². The summed E-state index contributed by atoms with van der Waals surface area (Å²) in [6.07, 6.45) is 6.47. The highest BCUT2D eigenvalue weighted by atomic mass is 16.6. The fraction of sp³-hybridized carbons (Fsp3) is 0.514. The lowest BCUT2D eigenvalue weighted by Crippen LogP contribution is -2.59. The van der Waals surface area contributed by atoms with E-state index in [2.05, 4.69) is 10.5 Å². The molecule has 1 saturated carbocycles. The van der Waals surface area contributed by atoms with Crippen LogP contribution in [0.1, 0.15) is 68.9 Å². The summed E-state index contributed by atoms with van der Waals surface area (Å²) in [5.41, 5.74) is 12.1. The van der Waals surface area contributed by atoms with E-state index in [4.69, 9.17) is 25.8 Å². The number of amides is 3. The lowest BCUT2D eigenvalue weighted by Gasteiger charge is -2.40. The zero-order valence-electron chi connectivity index (χ0n) is 27.5. The zero-order valence-corrected chi connectivity index (χ0v) is 27.5. The molecule has 260 valence electrons. The first-order chi connectivity index (χ1) is 23.3. The smallest absolute Gasteiger partial charge is 0.411 e. The normalized spacial score (nSPS) is 17.0. The van der Waals surface area contributed by atoms with Crippen LogP contribution in [0.4, 0.5) is 4.79 Å². The average Bonchev–Trinajstić information content (AvgIpc) is 3.11. The topological polar surface area (TPSA) is 179 Å². The van der Waals surface area contributed by atoms with Gasteiger partial charge in [0.15, 0.2) is 0 Å². The Morgan fingerprint density at radius 2 is 1.48 bits per heavy atom. The molecule has 0 aromatic heterocycles. The van der Waals surface area contributed by atoms with E-state index in [1.165, 1.54) is 4.90 Å². The maximum absolute atomic E-state index is 14.6. The minimum atomic E-state index is -1.03. The van der Waals surface area contributed by atoms with Gasteiger partial charge >= 0.3 is 12.1 Å². The molecule has 0 spiro atoms. The summed E-state index contributed by atoms with van der Waals surface area (Å²) >= 11 is 0. The Balaban J connectivity index is 1.56. The number of guanidine groups is 1. The summed E-state index contributed by atoms with van der Waals surface area (Å²) in [6.45, 7) is 0.0290. The molecule has 13 nitrogen and oxygen atoms in total. The molecule has 4 rings (SSSR count). The Morgan fingerprint density at radius 3 is 2.12 bits per heavy atom. The quantitative estimate of drug-likeness (QED) is 0.0846. The van der Waals surface area contributed by atoms with Gasteiger partial charge in [0.2, 0.25) is 17.8 Å². The molecule has 1 aliphatic carbocycles. The van der Waals surface area contributed by atoms with Gasteiger partial charge < -0.3 is 36.0 Å². The van der Waals surface area contributed by atoms with Gasteiger partial charge in [0, 0.05) is 6.54 Å². The molecule has 2 aromatic carbocycles. The van der Waals surface area contributed by atoms with E-state index in [0.717, 1.165) is 49.7 Å². The van der Waals surface area contributed by atoms with Crippen LogP contribution >= 0.6 is 0 Å². The maximum Gasteiger partial charge on any atom is 0.411 e. The number of hydrogen-bond acceptors (Lipinski definition) is 8. The molecular weight excluding hydrogens is 616 g/mol. The van der Waals surface area contributed by atoms with Gasteiger partial charge in [-0.15, -0.1) is 0 Å². The van der Waals surface area contributed by atoms with Crippen molar-refractivity contribution in [2.75, 3.05) is 26.2 Å². The van der Waals surface area contributed by atoms with Crippen LogP contribution in [0, 0.1) is 5.92 Å². The number of benzene rings is 2. The number of nitrogens with two attached hydrogens (primary N) is 2. The number of ether oxygens (including phenoxy) is 2. The first-order valence-corrected chi connectivity index (χ1v) is 16.8. The van der Waals surface area contributed by atoms with Crippen molar-refractivity contribution >= 4 is 29.8 Å². The van der Waals surface area contributed by atoms with Gasteiger partial charge in [-0.2, -0.15) is 0 Å². The van der Waals surface area contributed by atoms with E-state index in [0.29, 0.717) is 25.8 Å². The second kappa shape index (κ2) is 19.1. The highest BCUT2D eigenvalue weighted by molar-refractivity contribution is 5.92. The van der Waals surface area contributed by atoms with Crippen LogP contribution < -0.4 is 16.8 Å². The lowest BCUT2D eigenvalue weighted by molar-refractivity contribution is -0.151. The summed E-state index contributed by atoms with van der Waals surface area (Å²) in [6, 6.07) is 16.6. The number of nitrogens with one attached hydrogen (secondary N) is 1. The van der Waals surface area contributed by atoms with Crippen LogP contribution in [0.15, 0.2) is 65.8 Å². The minimum Gasteiger partial charge on any atom is -0.459 e. The maximum atomic E-state index is 14.6. The second-order valence-electron chi connectivity index (χ2n) is 12.3. The third-order valence-corrected chi connectivity index (χ3v) is 8.68. The third-order valence-electron chi connectivity index (χ3n) is 8.68. The second-order valence-corrected chi connectivity index (χ2v) is 12.3. The summed E-state index contributed by atoms with van der Waals surface area (Å²) in [5.74, 6) is -1.45. The number of esters is 1. The third kappa shape index (κ3) is 11.5. The van der Waals surface area contributed by atoms with Crippen LogP contribution in [0.5, 0.6) is 0 Å². The summed E-state index contributed by atoms with van der Waals surface area (Å²) in [4.78, 5) is 62.8. The van der Waals surface area contributed by atoms with Gasteiger partial charge in [0.25, 0.3) is 0 Å². The minimum absolute atomic E-state index is 0.0229. The Morgan fingerprint density at radius 1 is 0.854 bits per heavy atom. The van der Waals surface area contributed by atoms with E-state index in [1.54, 1.807) is 4.90 Å². The van der Waals surface area contributed by atoms with Crippen molar-refractivity contribution in [1.29, 1.82) is 0 Å². The van der Waals surface area contributed by atoms with Crippen molar-refractivity contribution < 1.29 is 33.5 Å². The summed E-state index contributed by atoms with van der Waals surface area (Å²) in [5, 5.41) is 6.25. The molecular formula is C35H48N6O7. The van der Waals surface area contributed by atoms with E-state index in [9.17, 15) is 19.2 Å². The van der Waals surface area contributed by atoms with Crippen LogP contribution in [0.25, 0.3) is 0 Å². The Labute approximate surface area is 281 Å². The van der Waals surface area contributed by atoms with Gasteiger partial charge in [0.05, 0.1) is 6.54 Å². The van der Waals surface area contributed by atoms with Gasteiger partial charge in [-0.25, -0.2) is 4.79 Å². The fourth-order valence-electron chi connectivity index (χ4n) is 6.24. The number of likely N-dealkylation sites (tertiary alicyclic amines) is 1. The molecule has 2 atom stereocenters. The molecule has 0 bridgehead atoms. The molecule has 0 unspecified atom stereocenters. The summed E-state index contributed by atoms with van der Waals surface area (Å²) in [7, 11) is 0. The van der Waals surface area contributed by atoms with Crippen molar-refractivity contribution in [3.8, 4) is 0 Å². The van der Waals surface area contributed by atoms with E-state index in [1.807, 2.05) is 60.7 Å². The van der Waals surface area contributed by atoms with Crippen molar-refractivity contribution in [1.82, 2.24) is 15.1 Å². The average molecular weight is 665 g/mol. The zero-order chi connectivity index (χ0) is 34.1. The Kier molecular flexibility index (Phi) is 14.4. The van der Waals surface area contributed by atoms with Crippen LogP contribution in [-0.4, -0.2) is 78.0 Å². The number of rotatable bonds is 15. The van der Waals surface area contributed by atoms with E-state index < -0.39 is 30.7 Å². The van der Waals surface area contributed by atoms with Crippen molar-refractivity contribution in [2.24, 2.45) is 22.5 Å². The predicted molar refractivity (Wildman–Crippen MR) is 179 cm³/mol. The Bertz CT molecular complexity index is 1350. The predicted octanol–water partition coefficient (Wildman–Crippen LogP) is 3.41. The number of carbonyl (C=O) groups is 4. The molecule has 48 heavy (non-hydrogen) atoms. The van der Waals surface area contributed by atoms with Gasteiger partial charge in [-0.3, -0.25) is 19.3 Å². The van der Waals surface area contributed by atoms with Crippen molar-refractivity contribution in [3.63, 3.8) is 0 Å². The van der Waals surface area contributed by atoms with Gasteiger partial charge in [-0.1, -0.05) is 92.8 Å². The molecule has 13 heteroatoms. The number of piperidine rings is 1. The van der Waals surface area contributed by atoms with Gasteiger partial charge in [-0.05, 0) is 47.9 Å². The Hall–Kier alpha value is -4.81. The molecule has 0 radical (unpaired) electrons. The number of oxime groups is 1. The molecule has 2 aromatic rings. The number of hydrogen-bond donors (Lipinski definition) is 3. The molecule has 5 N–H and O–H groups in total. The molecule has 1 aliphatic heterocycles. The molecule has 2 aliphatic rings. The van der Waals surface area contributed by atoms with Crippen molar-refractivity contribution in [2.45, 2.75) is 83.1 Å². The SMILES string of the molecule is NC(N)=NOCCNC(=O)[C@@H]1CCCCN1C(=O)[C@@H](CC1CCCCC1)N(CC(=O)OCc1ccccc1)C(=O)OCc1ccccc1. The van der Waals surface area contributed by atoms with Gasteiger partial charge in [0.1, 0.15) is 38.4 Å². The van der Waals surface area contributed by atoms with E-state index in [-0.39, 0.29) is 50.1 Å². The van der Waals surface area contributed by atoms with E-state index >= 15 is 0 Å². The van der Waals surface area contributed by atoms with Crippen LogP contribution in [0.2, 0.25) is 0 Å². The highest BCUT2D eigenvalue weighted by Gasteiger charge is 2.41. The first-order valence-electron chi connectivity index (χ1n) is 16.8. The first kappa shape index (κ1) is 36.0. The highest BCUT2D eigenvalue weighted by Crippen LogP contribution is 2.31. The van der Waals surface area contributed by atoms with Crippen LogP contribution in [0.3, 0.4) is 0 Å². The molecule has 2 fully saturated rings. The largest absolute Gasteiger partial charge is 0.459 e. The standard InChI is InChI=1S/C35H48N6O7/c36-34(37)39-48-21-19-38-32(43)29-18-10-11-20-40(29)33(44)30(22-26-12-4-1-5-13-26)41(35(45)47-25-28-16-8-3-9-17-28)23-31(42)46-24-27-14-6-2-7-15-27/h2-3,6-9,14-17,26,29-30H,1,4-5,10-13,18-25H2,(H,38,43)(H4,36,37,39)/t29-,30+/m0/s1.